The van der Waals surface area contributed by atoms with Crippen molar-refractivity contribution in [2.45, 2.75) is 18.4 Å². The lowest BCUT2D eigenvalue weighted by Crippen LogP contribution is -2.14. The first-order valence-electron chi connectivity index (χ1n) is 5.98. The van der Waals surface area contributed by atoms with Crippen molar-refractivity contribution in [1.82, 2.24) is 0 Å². The van der Waals surface area contributed by atoms with Gasteiger partial charge in [0.05, 0.1) is 4.90 Å². The van der Waals surface area contributed by atoms with Crippen LogP contribution >= 0.6 is 11.6 Å². The Kier molecular flexibility index (Phi) is 4.32. The molecule has 0 spiro atoms. The lowest BCUT2D eigenvalue weighted by molar-refractivity contribution is 0.597. The second-order valence-corrected chi connectivity index (χ2v) is 6.42. The summed E-state index contributed by atoms with van der Waals surface area (Å²) in [4.78, 5) is 0.138. The smallest absolute Gasteiger partial charge is 0.238 e. The van der Waals surface area contributed by atoms with Gasteiger partial charge in [0.2, 0.25) is 10.0 Å². The second-order valence-electron chi connectivity index (χ2n) is 4.45. The topological polar surface area (TPSA) is 72.2 Å². The maximum absolute atomic E-state index is 11.5. The van der Waals surface area contributed by atoms with Crippen LogP contribution in [0.2, 0.25) is 5.02 Å². The minimum absolute atomic E-state index is 0.138. The summed E-state index contributed by atoms with van der Waals surface area (Å²) in [6.45, 7) is 2.30. The molecule has 2 aromatic carbocycles. The highest BCUT2D eigenvalue weighted by Crippen LogP contribution is 2.22. The lowest BCUT2D eigenvalue weighted by Gasteiger charge is -2.12. The quantitative estimate of drug-likeness (QED) is 0.912. The first-order chi connectivity index (χ1) is 9.38. The number of halogens is 1. The van der Waals surface area contributed by atoms with Gasteiger partial charge in [0.15, 0.2) is 0 Å². The Morgan fingerprint density at radius 2 is 1.80 bits per heavy atom. The SMILES string of the molecule is Cc1c(NCc2ccc(Cl)cc2)cccc1S(N)(=O)=O. The third-order valence-corrected chi connectivity index (χ3v) is 4.29. The van der Waals surface area contributed by atoms with Crippen LogP contribution in [0.5, 0.6) is 0 Å². The molecule has 106 valence electrons. The average molecular weight is 311 g/mol. The molecule has 0 fully saturated rings. The number of primary sulfonamides is 1. The first-order valence-corrected chi connectivity index (χ1v) is 7.91. The number of anilines is 1. The van der Waals surface area contributed by atoms with Gasteiger partial charge in [-0.05, 0) is 42.3 Å². The highest BCUT2D eigenvalue weighted by Gasteiger charge is 2.13. The molecule has 0 unspecified atom stereocenters. The Hall–Kier alpha value is -1.56. The van der Waals surface area contributed by atoms with E-state index in [2.05, 4.69) is 5.32 Å². The third-order valence-electron chi connectivity index (χ3n) is 2.99. The number of rotatable bonds is 4. The van der Waals surface area contributed by atoms with Crippen LogP contribution in [0.1, 0.15) is 11.1 Å². The molecule has 0 heterocycles. The van der Waals surface area contributed by atoms with Gasteiger partial charge in [-0.15, -0.1) is 0 Å². The summed E-state index contributed by atoms with van der Waals surface area (Å²) in [5.74, 6) is 0. The van der Waals surface area contributed by atoms with E-state index in [4.69, 9.17) is 16.7 Å². The highest BCUT2D eigenvalue weighted by molar-refractivity contribution is 7.89. The van der Waals surface area contributed by atoms with Gasteiger partial charge in [-0.1, -0.05) is 29.8 Å². The molecule has 0 saturated carbocycles. The molecule has 6 heteroatoms. The third kappa shape index (κ3) is 3.50. The van der Waals surface area contributed by atoms with Gasteiger partial charge >= 0.3 is 0 Å². The number of hydrogen-bond acceptors (Lipinski definition) is 3. The summed E-state index contributed by atoms with van der Waals surface area (Å²) in [7, 11) is -3.70. The molecular weight excluding hydrogens is 296 g/mol. The van der Waals surface area contributed by atoms with Gasteiger partial charge in [0, 0.05) is 17.3 Å². The first kappa shape index (κ1) is 14.8. The van der Waals surface area contributed by atoms with Crippen LogP contribution in [-0.4, -0.2) is 8.42 Å². The number of benzene rings is 2. The number of nitrogens with one attached hydrogen (secondary N) is 1. The molecule has 0 aromatic heterocycles. The van der Waals surface area contributed by atoms with Crippen LogP contribution in [0, 0.1) is 6.92 Å². The molecular formula is C14H15ClN2O2S. The van der Waals surface area contributed by atoms with Gasteiger partial charge in [0.1, 0.15) is 0 Å². The van der Waals surface area contributed by atoms with Gasteiger partial charge in [0.25, 0.3) is 0 Å². The van der Waals surface area contributed by atoms with Crippen molar-refractivity contribution in [3.05, 3.63) is 58.6 Å². The monoisotopic (exact) mass is 310 g/mol. The minimum Gasteiger partial charge on any atom is -0.381 e. The lowest BCUT2D eigenvalue weighted by atomic mass is 10.2. The van der Waals surface area contributed by atoms with E-state index in [1.54, 1.807) is 13.0 Å². The van der Waals surface area contributed by atoms with Crippen LogP contribution < -0.4 is 10.5 Å². The normalized spacial score (nSPS) is 11.3. The standard InChI is InChI=1S/C14H15ClN2O2S/c1-10-13(3-2-4-14(10)20(16,18)19)17-9-11-5-7-12(15)8-6-11/h2-8,17H,9H2,1H3,(H2,16,18,19). The molecule has 0 bridgehead atoms. The van der Waals surface area contributed by atoms with E-state index < -0.39 is 10.0 Å². The van der Waals surface area contributed by atoms with E-state index in [9.17, 15) is 8.42 Å². The molecule has 0 amide bonds. The summed E-state index contributed by atoms with van der Waals surface area (Å²) in [5.41, 5.74) is 2.41. The molecule has 3 N–H and O–H groups in total. The average Bonchev–Trinajstić information content (AvgIpc) is 2.38. The molecule has 0 aliphatic carbocycles. The Balaban J connectivity index is 2.20. The van der Waals surface area contributed by atoms with Gasteiger partial charge in [-0.2, -0.15) is 0 Å². The Bertz CT molecular complexity index is 712. The highest BCUT2D eigenvalue weighted by atomic mass is 35.5. The van der Waals surface area contributed by atoms with E-state index in [1.807, 2.05) is 30.3 Å². The molecule has 0 saturated heterocycles. The minimum atomic E-state index is -3.70. The molecule has 2 aromatic rings. The summed E-state index contributed by atoms with van der Waals surface area (Å²) in [5, 5.41) is 9.06. The van der Waals surface area contributed by atoms with Gasteiger partial charge in [-0.3, -0.25) is 0 Å². The summed E-state index contributed by atoms with van der Waals surface area (Å²) < 4.78 is 22.9. The maximum Gasteiger partial charge on any atom is 0.238 e. The fourth-order valence-corrected chi connectivity index (χ4v) is 2.84. The second kappa shape index (κ2) is 5.83. The van der Waals surface area contributed by atoms with Crippen LogP contribution in [-0.2, 0) is 16.6 Å². The molecule has 0 aliphatic heterocycles. The van der Waals surface area contributed by atoms with Crippen molar-refractivity contribution >= 4 is 27.3 Å². The van der Waals surface area contributed by atoms with Crippen molar-refractivity contribution in [1.29, 1.82) is 0 Å². The van der Waals surface area contributed by atoms with Gasteiger partial charge < -0.3 is 5.32 Å². The van der Waals surface area contributed by atoms with E-state index in [0.29, 0.717) is 17.1 Å². The predicted octanol–water partition coefficient (Wildman–Crippen LogP) is 2.91. The molecule has 4 nitrogen and oxygen atoms in total. The van der Waals surface area contributed by atoms with Crippen LogP contribution in [0.4, 0.5) is 5.69 Å². The zero-order chi connectivity index (χ0) is 14.8. The Morgan fingerprint density at radius 3 is 2.40 bits per heavy atom. The number of nitrogens with two attached hydrogens (primary N) is 1. The van der Waals surface area contributed by atoms with Crippen LogP contribution in [0.3, 0.4) is 0 Å². The van der Waals surface area contributed by atoms with Crippen molar-refractivity contribution in [2.24, 2.45) is 5.14 Å². The summed E-state index contributed by atoms with van der Waals surface area (Å²) in [6, 6.07) is 12.4. The molecule has 20 heavy (non-hydrogen) atoms. The Labute approximate surface area is 123 Å². The van der Waals surface area contributed by atoms with Crippen molar-refractivity contribution in [3.63, 3.8) is 0 Å². The molecule has 0 aliphatic rings. The molecule has 0 radical (unpaired) electrons. The zero-order valence-electron chi connectivity index (χ0n) is 10.9. The van der Waals surface area contributed by atoms with Crippen molar-refractivity contribution in [2.75, 3.05) is 5.32 Å². The van der Waals surface area contributed by atoms with Crippen LogP contribution in [0.25, 0.3) is 0 Å². The van der Waals surface area contributed by atoms with Crippen molar-refractivity contribution < 1.29 is 8.42 Å². The molecule has 0 atom stereocenters. The predicted molar refractivity (Wildman–Crippen MR) is 81.3 cm³/mol. The van der Waals surface area contributed by atoms with E-state index >= 15 is 0 Å². The van der Waals surface area contributed by atoms with Gasteiger partial charge in [-0.25, -0.2) is 13.6 Å². The number of hydrogen-bond donors (Lipinski definition) is 2. The summed E-state index contributed by atoms with van der Waals surface area (Å²) >= 11 is 5.82. The van der Waals surface area contributed by atoms with Crippen LogP contribution in [0.15, 0.2) is 47.4 Å². The number of sulfonamides is 1. The Morgan fingerprint density at radius 1 is 1.15 bits per heavy atom. The summed E-state index contributed by atoms with van der Waals surface area (Å²) in [6.07, 6.45) is 0. The van der Waals surface area contributed by atoms with E-state index in [-0.39, 0.29) is 4.90 Å². The van der Waals surface area contributed by atoms with E-state index in [1.165, 1.54) is 6.07 Å². The fraction of sp³-hybridized carbons (Fsp3) is 0.143. The largest absolute Gasteiger partial charge is 0.381 e. The zero-order valence-corrected chi connectivity index (χ0v) is 12.5. The van der Waals surface area contributed by atoms with E-state index in [0.717, 1.165) is 11.3 Å². The fourth-order valence-electron chi connectivity index (χ4n) is 1.91. The van der Waals surface area contributed by atoms with Crippen molar-refractivity contribution in [3.8, 4) is 0 Å². The molecule has 2 rings (SSSR count). The maximum atomic E-state index is 11.5.